The smallest absolute Gasteiger partial charge is 0.189 e. The minimum Gasteiger partial charge on any atom is -0.467 e. The summed E-state index contributed by atoms with van der Waals surface area (Å²) in [6.45, 7) is 21.6. The summed E-state index contributed by atoms with van der Waals surface area (Å²) in [5.41, 5.74) is 1.55. The first-order valence-electron chi connectivity index (χ1n) is 13.9. The summed E-state index contributed by atoms with van der Waals surface area (Å²) in [6.07, 6.45) is 0. The van der Waals surface area contributed by atoms with Crippen LogP contribution in [-0.2, 0) is 29.8 Å². The lowest BCUT2D eigenvalue weighted by Gasteiger charge is -2.37. The number of ether oxygens (including phenoxy) is 6. The molecule has 232 valence electrons. The lowest BCUT2D eigenvalue weighted by molar-refractivity contribution is -0.00872. The van der Waals surface area contributed by atoms with Crippen molar-refractivity contribution in [3.8, 4) is 11.5 Å². The van der Waals surface area contributed by atoms with Gasteiger partial charge < -0.3 is 28.4 Å². The summed E-state index contributed by atoms with van der Waals surface area (Å²) in [5.74, 6) is 1.56. The zero-order valence-corrected chi connectivity index (χ0v) is 29.1. The van der Waals surface area contributed by atoms with E-state index >= 15 is 0 Å². The SMILES string of the molecule is COCCOCOc1c(P(c2cc(Cl)cc(C(C)(C)C)c2OCOCCOC)C(C)(C)C)cc(Cl)cc1C(C)(C)C. The predicted molar refractivity (Wildman–Crippen MR) is 173 cm³/mol. The summed E-state index contributed by atoms with van der Waals surface area (Å²) >= 11 is 13.7. The Morgan fingerprint density at radius 2 is 0.951 bits per heavy atom. The van der Waals surface area contributed by atoms with E-state index in [-0.39, 0.29) is 29.6 Å². The Labute approximate surface area is 259 Å². The Hall–Kier alpha value is -1.11. The topological polar surface area (TPSA) is 55.4 Å². The quantitative estimate of drug-likeness (QED) is 0.120. The van der Waals surface area contributed by atoms with Crippen LogP contribution >= 0.6 is 31.1 Å². The van der Waals surface area contributed by atoms with Gasteiger partial charge in [-0.15, -0.1) is 0 Å². The van der Waals surface area contributed by atoms with Gasteiger partial charge in [0.05, 0.1) is 26.4 Å². The van der Waals surface area contributed by atoms with E-state index in [0.29, 0.717) is 36.5 Å². The molecule has 0 amide bonds. The van der Waals surface area contributed by atoms with Crippen LogP contribution in [0.2, 0.25) is 10.0 Å². The fraction of sp³-hybridized carbons (Fsp3) is 0.625. The molecule has 0 aromatic heterocycles. The number of benzene rings is 2. The maximum absolute atomic E-state index is 6.84. The van der Waals surface area contributed by atoms with Crippen molar-refractivity contribution in [3.05, 3.63) is 45.4 Å². The Balaban J connectivity index is 2.84. The zero-order valence-electron chi connectivity index (χ0n) is 26.7. The van der Waals surface area contributed by atoms with Gasteiger partial charge in [0.1, 0.15) is 11.5 Å². The first-order chi connectivity index (χ1) is 19.0. The van der Waals surface area contributed by atoms with Gasteiger partial charge in [0, 0.05) is 46.0 Å². The molecule has 6 nitrogen and oxygen atoms in total. The fourth-order valence-electron chi connectivity index (χ4n) is 4.36. The molecule has 0 N–H and O–H groups in total. The highest BCUT2D eigenvalue weighted by Crippen LogP contribution is 2.54. The van der Waals surface area contributed by atoms with E-state index in [0.717, 1.165) is 33.2 Å². The largest absolute Gasteiger partial charge is 0.467 e. The summed E-state index contributed by atoms with van der Waals surface area (Å²) < 4.78 is 34.7. The van der Waals surface area contributed by atoms with Gasteiger partial charge in [-0.3, -0.25) is 0 Å². The molecule has 9 heteroatoms. The first kappa shape index (κ1) is 36.1. The van der Waals surface area contributed by atoms with Crippen molar-refractivity contribution in [2.45, 2.75) is 78.3 Å². The number of rotatable bonds is 14. The monoisotopic (exact) mass is 630 g/mol. The van der Waals surface area contributed by atoms with Crippen LogP contribution in [0.15, 0.2) is 24.3 Å². The van der Waals surface area contributed by atoms with Crippen LogP contribution in [0.3, 0.4) is 0 Å². The van der Waals surface area contributed by atoms with Crippen molar-refractivity contribution in [2.24, 2.45) is 0 Å². The number of hydrogen-bond donors (Lipinski definition) is 0. The molecular weight excluding hydrogens is 582 g/mol. The van der Waals surface area contributed by atoms with Gasteiger partial charge in [-0.25, -0.2) is 0 Å². The average Bonchev–Trinajstić information content (AvgIpc) is 2.83. The third-order valence-electron chi connectivity index (χ3n) is 6.27. The van der Waals surface area contributed by atoms with Gasteiger partial charge in [-0.2, -0.15) is 0 Å². The summed E-state index contributed by atoms with van der Waals surface area (Å²) in [7, 11) is 2.17. The van der Waals surface area contributed by atoms with E-state index in [1.54, 1.807) is 14.2 Å². The summed E-state index contributed by atoms with van der Waals surface area (Å²) in [5, 5.41) is 3.09. The normalized spacial score (nSPS) is 12.7. The molecule has 2 rings (SSSR count). The van der Waals surface area contributed by atoms with Crippen molar-refractivity contribution in [3.63, 3.8) is 0 Å². The third-order valence-corrected chi connectivity index (χ3v) is 9.68. The third kappa shape index (κ3) is 10.5. The Morgan fingerprint density at radius 3 is 1.24 bits per heavy atom. The van der Waals surface area contributed by atoms with Gasteiger partial charge in [0.2, 0.25) is 0 Å². The van der Waals surface area contributed by atoms with Crippen LogP contribution < -0.4 is 20.1 Å². The molecule has 0 heterocycles. The highest BCUT2D eigenvalue weighted by atomic mass is 35.5. The van der Waals surface area contributed by atoms with E-state index in [2.05, 4.69) is 62.3 Å². The van der Waals surface area contributed by atoms with Crippen LogP contribution in [0.4, 0.5) is 0 Å². The Morgan fingerprint density at radius 1 is 0.585 bits per heavy atom. The van der Waals surface area contributed by atoms with E-state index in [4.69, 9.17) is 51.6 Å². The van der Waals surface area contributed by atoms with Crippen molar-refractivity contribution >= 4 is 41.7 Å². The molecular formula is C32H49Cl2O6P. The number of methoxy groups -OCH3 is 2. The first-order valence-corrected chi connectivity index (χ1v) is 16.0. The molecule has 0 radical (unpaired) electrons. The molecule has 0 fully saturated rings. The van der Waals surface area contributed by atoms with Crippen LogP contribution in [0, 0.1) is 0 Å². The van der Waals surface area contributed by atoms with Gasteiger partial charge in [0.15, 0.2) is 13.6 Å². The van der Waals surface area contributed by atoms with Gasteiger partial charge in [-0.1, -0.05) is 85.5 Å². The maximum atomic E-state index is 6.84. The second kappa shape index (κ2) is 15.6. The molecule has 0 bridgehead atoms. The van der Waals surface area contributed by atoms with Gasteiger partial charge in [-0.05, 0) is 48.2 Å². The van der Waals surface area contributed by atoms with Crippen molar-refractivity contribution in [2.75, 3.05) is 54.2 Å². The summed E-state index contributed by atoms with van der Waals surface area (Å²) in [6, 6.07) is 8.03. The minimum atomic E-state index is -1.13. The standard InChI is InChI=1S/C32H49Cl2O6P/c1-30(2,3)24-16-22(33)18-26(28(24)39-20-37-14-12-35-10)41(32(7,8)9)27-19-23(34)17-25(31(4,5)6)29(27)40-21-38-15-13-36-11/h16-19H,12-15,20-21H2,1-11H3. The van der Waals surface area contributed by atoms with Crippen LogP contribution in [-0.4, -0.2) is 59.4 Å². The van der Waals surface area contributed by atoms with Crippen LogP contribution in [0.5, 0.6) is 11.5 Å². The van der Waals surface area contributed by atoms with Crippen molar-refractivity contribution in [1.29, 1.82) is 0 Å². The molecule has 0 saturated carbocycles. The molecule has 0 aliphatic rings. The van der Waals surface area contributed by atoms with E-state index in [9.17, 15) is 0 Å². The highest BCUT2D eigenvalue weighted by Gasteiger charge is 2.37. The molecule has 41 heavy (non-hydrogen) atoms. The Kier molecular flexibility index (Phi) is 13.7. The summed E-state index contributed by atoms with van der Waals surface area (Å²) in [4.78, 5) is 0. The number of halogens is 2. The van der Waals surface area contributed by atoms with Crippen LogP contribution in [0.25, 0.3) is 0 Å². The second-order valence-corrected chi connectivity index (χ2v) is 16.8. The van der Waals surface area contributed by atoms with Gasteiger partial charge >= 0.3 is 0 Å². The molecule has 0 atom stereocenters. The lowest BCUT2D eigenvalue weighted by atomic mass is 9.86. The molecule has 0 unspecified atom stereocenters. The molecule has 0 spiro atoms. The van der Waals surface area contributed by atoms with E-state index in [1.807, 2.05) is 24.3 Å². The van der Waals surface area contributed by atoms with Gasteiger partial charge in [0.25, 0.3) is 0 Å². The average molecular weight is 632 g/mol. The lowest BCUT2D eigenvalue weighted by Crippen LogP contribution is -2.32. The fourth-order valence-corrected chi connectivity index (χ4v) is 7.97. The highest BCUT2D eigenvalue weighted by molar-refractivity contribution is 7.74. The molecule has 0 aliphatic carbocycles. The van der Waals surface area contributed by atoms with Crippen LogP contribution in [0.1, 0.15) is 73.4 Å². The molecule has 0 aliphatic heterocycles. The van der Waals surface area contributed by atoms with E-state index < -0.39 is 7.92 Å². The van der Waals surface area contributed by atoms with Crippen molar-refractivity contribution in [1.82, 2.24) is 0 Å². The molecule has 0 saturated heterocycles. The predicted octanol–water partition coefficient (Wildman–Crippen LogP) is 7.82. The maximum Gasteiger partial charge on any atom is 0.189 e. The van der Waals surface area contributed by atoms with Crippen molar-refractivity contribution < 1.29 is 28.4 Å². The molecule has 2 aromatic rings. The Bertz CT molecular complexity index is 1040. The second-order valence-electron chi connectivity index (χ2n) is 12.9. The van der Waals surface area contributed by atoms with E-state index in [1.165, 1.54) is 0 Å². The molecule has 2 aromatic carbocycles. The zero-order chi connectivity index (χ0) is 31.0. The minimum absolute atomic E-state index is 0.0911. The number of hydrogen-bond acceptors (Lipinski definition) is 6.